The lowest BCUT2D eigenvalue weighted by Gasteiger charge is -2.16. The number of nitrogens with zero attached hydrogens (tertiary/aromatic N) is 2. The fourth-order valence-corrected chi connectivity index (χ4v) is 2.10. The molecule has 0 aliphatic carbocycles. The maximum atomic E-state index is 12.0. The highest BCUT2D eigenvalue weighted by Gasteiger charge is 2.18. The quantitative estimate of drug-likeness (QED) is 0.850. The number of nitrogens with one attached hydrogen (secondary N) is 1. The minimum atomic E-state index is -0.639. The first kappa shape index (κ1) is 16.2. The predicted molar refractivity (Wildman–Crippen MR) is 88.3 cm³/mol. The third kappa shape index (κ3) is 4.66. The van der Waals surface area contributed by atoms with Crippen molar-refractivity contribution < 1.29 is 9.59 Å². The molecule has 1 aromatic carbocycles. The van der Waals surface area contributed by atoms with Gasteiger partial charge in [0.15, 0.2) is 0 Å². The van der Waals surface area contributed by atoms with Gasteiger partial charge in [0.2, 0.25) is 0 Å². The summed E-state index contributed by atoms with van der Waals surface area (Å²) >= 11 is 3.31. The molecular formula is C16H16BrN3O2. The number of hydrogen-bond acceptors (Lipinski definition) is 3. The highest BCUT2D eigenvalue weighted by Crippen LogP contribution is 2.14. The number of likely N-dealkylation sites (N-methyl/N-ethyl adjacent to an activating group) is 1. The third-order valence-electron chi connectivity index (χ3n) is 3.13. The van der Waals surface area contributed by atoms with Gasteiger partial charge in [-0.2, -0.15) is 0 Å². The number of amides is 2. The van der Waals surface area contributed by atoms with Crippen molar-refractivity contribution in [2.75, 3.05) is 18.9 Å². The molecule has 0 spiro atoms. The van der Waals surface area contributed by atoms with Crippen molar-refractivity contribution in [2.24, 2.45) is 0 Å². The largest absolute Gasteiger partial charge is 0.337 e. The summed E-state index contributed by atoms with van der Waals surface area (Å²) in [6.45, 7) is 0.469. The molecule has 0 aliphatic heterocycles. The Balaban J connectivity index is 1.86. The Morgan fingerprint density at radius 2 is 1.77 bits per heavy atom. The average molecular weight is 362 g/mol. The lowest BCUT2D eigenvalue weighted by Crippen LogP contribution is -2.38. The van der Waals surface area contributed by atoms with Crippen LogP contribution in [-0.4, -0.2) is 35.3 Å². The van der Waals surface area contributed by atoms with Crippen molar-refractivity contribution in [2.45, 2.75) is 6.42 Å². The van der Waals surface area contributed by atoms with Crippen molar-refractivity contribution in [3.05, 3.63) is 58.8 Å². The van der Waals surface area contributed by atoms with Crippen molar-refractivity contribution in [1.82, 2.24) is 9.88 Å². The average Bonchev–Trinajstić information content (AvgIpc) is 2.55. The van der Waals surface area contributed by atoms with Crippen LogP contribution in [-0.2, 0) is 16.0 Å². The molecule has 1 N–H and O–H groups in total. The molecule has 1 aromatic heterocycles. The summed E-state index contributed by atoms with van der Waals surface area (Å²) in [4.78, 5) is 29.3. The first-order valence-corrected chi connectivity index (χ1v) is 7.56. The number of anilines is 1. The molecule has 2 rings (SSSR count). The van der Waals surface area contributed by atoms with Crippen LogP contribution in [0.2, 0.25) is 0 Å². The van der Waals surface area contributed by atoms with E-state index in [-0.39, 0.29) is 0 Å². The summed E-state index contributed by atoms with van der Waals surface area (Å²) in [5, 5.41) is 2.59. The van der Waals surface area contributed by atoms with E-state index in [0.29, 0.717) is 18.7 Å². The minimum Gasteiger partial charge on any atom is -0.337 e. The molecule has 1 heterocycles. The summed E-state index contributed by atoms with van der Waals surface area (Å²) in [5.74, 6) is -1.20. The third-order valence-corrected chi connectivity index (χ3v) is 3.66. The highest BCUT2D eigenvalue weighted by atomic mass is 79.9. The van der Waals surface area contributed by atoms with Crippen LogP contribution in [0.5, 0.6) is 0 Å². The summed E-state index contributed by atoms with van der Waals surface area (Å²) in [5.41, 5.74) is 1.66. The van der Waals surface area contributed by atoms with Crippen molar-refractivity contribution in [1.29, 1.82) is 0 Å². The number of carbonyl (C=O) groups excluding carboxylic acids is 2. The van der Waals surface area contributed by atoms with Gasteiger partial charge in [-0.1, -0.05) is 15.9 Å². The molecule has 2 amide bonds. The van der Waals surface area contributed by atoms with E-state index in [1.54, 1.807) is 43.7 Å². The van der Waals surface area contributed by atoms with E-state index in [0.717, 1.165) is 10.0 Å². The maximum Gasteiger partial charge on any atom is 0.313 e. The molecule has 2 aromatic rings. The van der Waals surface area contributed by atoms with Crippen LogP contribution in [0, 0.1) is 0 Å². The van der Waals surface area contributed by atoms with Crippen LogP contribution in [0.3, 0.4) is 0 Å². The van der Waals surface area contributed by atoms with Crippen molar-refractivity contribution in [3.63, 3.8) is 0 Å². The molecule has 0 atom stereocenters. The van der Waals surface area contributed by atoms with E-state index in [9.17, 15) is 9.59 Å². The van der Waals surface area contributed by atoms with Crippen LogP contribution < -0.4 is 5.32 Å². The number of benzene rings is 1. The summed E-state index contributed by atoms with van der Waals surface area (Å²) < 4.78 is 0.909. The number of hydrogen-bond donors (Lipinski definition) is 1. The molecule has 0 unspecified atom stereocenters. The maximum absolute atomic E-state index is 12.0. The number of rotatable bonds is 4. The minimum absolute atomic E-state index is 0.469. The molecule has 0 bridgehead atoms. The Labute approximate surface area is 137 Å². The topological polar surface area (TPSA) is 62.3 Å². The van der Waals surface area contributed by atoms with Gasteiger partial charge in [0, 0.05) is 36.1 Å². The van der Waals surface area contributed by atoms with E-state index in [1.165, 1.54) is 4.90 Å². The fourth-order valence-electron chi connectivity index (χ4n) is 1.84. The lowest BCUT2D eigenvalue weighted by molar-refractivity contribution is -0.142. The normalized spacial score (nSPS) is 10.1. The summed E-state index contributed by atoms with van der Waals surface area (Å²) in [6, 6.07) is 10.8. The second-order valence-electron chi connectivity index (χ2n) is 4.79. The first-order valence-electron chi connectivity index (χ1n) is 6.77. The molecule has 0 radical (unpaired) electrons. The Hall–Kier alpha value is -2.21. The second kappa shape index (κ2) is 7.70. The zero-order valence-electron chi connectivity index (χ0n) is 12.1. The van der Waals surface area contributed by atoms with Gasteiger partial charge in [-0.15, -0.1) is 0 Å². The summed E-state index contributed by atoms with van der Waals surface area (Å²) in [6.07, 6.45) is 4.09. The Morgan fingerprint density at radius 1 is 1.14 bits per heavy atom. The summed E-state index contributed by atoms with van der Waals surface area (Å²) in [7, 11) is 1.62. The number of aromatic nitrogens is 1. The van der Waals surface area contributed by atoms with Gasteiger partial charge >= 0.3 is 11.8 Å². The second-order valence-corrected chi connectivity index (χ2v) is 5.71. The molecular weight excluding hydrogens is 346 g/mol. The van der Waals surface area contributed by atoms with E-state index in [4.69, 9.17) is 0 Å². The zero-order chi connectivity index (χ0) is 15.9. The monoisotopic (exact) mass is 361 g/mol. The molecule has 5 nitrogen and oxygen atoms in total. The molecule has 6 heteroatoms. The van der Waals surface area contributed by atoms with Gasteiger partial charge in [0.25, 0.3) is 0 Å². The SMILES string of the molecule is CN(CCc1ccncc1)C(=O)C(=O)Nc1ccc(Br)cc1. The smallest absolute Gasteiger partial charge is 0.313 e. The van der Waals surface area contributed by atoms with E-state index in [1.807, 2.05) is 12.1 Å². The van der Waals surface area contributed by atoms with E-state index in [2.05, 4.69) is 26.2 Å². The van der Waals surface area contributed by atoms with Crippen LogP contribution in [0.1, 0.15) is 5.56 Å². The molecule has 0 saturated heterocycles. The van der Waals surface area contributed by atoms with E-state index >= 15 is 0 Å². The Kier molecular flexibility index (Phi) is 5.66. The van der Waals surface area contributed by atoms with Crippen LogP contribution in [0.25, 0.3) is 0 Å². The van der Waals surface area contributed by atoms with E-state index < -0.39 is 11.8 Å². The molecule has 0 saturated carbocycles. The molecule has 0 fully saturated rings. The Bertz CT molecular complexity index is 644. The number of carbonyl (C=O) groups is 2. The van der Waals surface area contributed by atoms with Gasteiger partial charge in [0.1, 0.15) is 0 Å². The van der Waals surface area contributed by atoms with Crippen LogP contribution in [0.15, 0.2) is 53.3 Å². The molecule has 22 heavy (non-hydrogen) atoms. The van der Waals surface area contributed by atoms with Crippen LogP contribution >= 0.6 is 15.9 Å². The Morgan fingerprint density at radius 3 is 2.41 bits per heavy atom. The molecule has 0 aliphatic rings. The lowest BCUT2D eigenvalue weighted by atomic mass is 10.2. The zero-order valence-corrected chi connectivity index (χ0v) is 13.7. The van der Waals surface area contributed by atoms with Gasteiger partial charge < -0.3 is 10.2 Å². The van der Waals surface area contributed by atoms with Crippen molar-refractivity contribution >= 4 is 33.4 Å². The predicted octanol–water partition coefficient (Wildman–Crippen LogP) is 2.48. The van der Waals surface area contributed by atoms with Gasteiger partial charge in [-0.05, 0) is 48.4 Å². The van der Waals surface area contributed by atoms with Crippen molar-refractivity contribution in [3.8, 4) is 0 Å². The highest BCUT2D eigenvalue weighted by molar-refractivity contribution is 9.10. The molecule has 114 valence electrons. The number of halogens is 1. The van der Waals surface area contributed by atoms with Gasteiger partial charge in [-0.3, -0.25) is 14.6 Å². The van der Waals surface area contributed by atoms with Gasteiger partial charge in [-0.25, -0.2) is 0 Å². The van der Waals surface area contributed by atoms with Gasteiger partial charge in [0.05, 0.1) is 0 Å². The first-order chi connectivity index (χ1) is 10.6. The standard InChI is InChI=1S/C16H16BrN3O2/c1-20(11-8-12-6-9-18-10-7-12)16(22)15(21)19-14-4-2-13(17)3-5-14/h2-7,9-10H,8,11H2,1H3,(H,19,21). The van der Waals surface area contributed by atoms with Crippen LogP contribution in [0.4, 0.5) is 5.69 Å². The fraction of sp³-hybridized carbons (Fsp3) is 0.188. The number of pyridine rings is 1.